The second-order valence-corrected chi connectivity index (χ2v) is 3.58. The number of nitrogens with zero attached hydrogens (tertiary/aromatic N) is 1. The third-order valence-electron chi connectivity index (χ3n) is 1.62. The van der Waals surface area contributed by atoms with E-state index in [4.69, 9.17) is 0 Å². The highest BCUT2D eigenvalue weighted by atomic mass is 32.2. The van der Waals surface area contributed by atoms with Gasteiger partial charge in [0.25, 0.3) is 0 Å². The van der Waals surface area contributed by atoms with Gasteiger partial charge >= 0.3 is 0 Å². The summed E-state index contributed by atoms with van der Waals surface area (Å²) in [7, 11) is 0. The van der Waals surface area contributed by atoms with Crippen LogP contribution in [-0.2, 0) is 0 Å². The molecule has 1 heterocycles. The Morgan fingerprint density at radius 2 is 2.18 bits per heavy atom. The average Bonchev–Trinajstić information content (AvgIpc) is 2.07. The normalized spacial score (nSPS) is 15.9. The molecule has 0 aromatic rings. The highest BCUT2D eigenvalue weighted by Crippen LogP contribution is 2.16. The van der Waals surface area contributed by atoms with E-state index in [1.165, 1.54) is 25.8 Å². The first-order chi connectivity index (χ1) is 5.43. The lowest BCUT2D eigenvalue weighted by atomic mass is 10.2. The zero-order chi connectivity index (χ0) is 7.94. The Labute approximate surface area is 73.3 Å². The minimum Gasteiger partial charge on any atom is -0.320 e. The van der Waals surface area contributed by atoms with Crippen LogP contribution in [0, 0.1) is 0 Å². The molecule has 0 aliphatic carbocycles. The first-order valence-corrected chi connectivity index (χ1v) is 5.04. The van der Waals surface area contributed by atoms with Gasteiger partial charge in [-0.15, -0.1) is 0 Å². The SMILES string of the molecule is CCCCCN1C=CC=CS1. The van der Waals surface area contributed by atoms with Crippen LogP contribution >= 0.6 is 11.9 Å². The molecule has 1 aliphatic rings. The van der Waals surface area contributed by atoms with Crippen LogP contribution in [-0.4, -0.2) is 10.8 Å². The molecule has 0 atom stereocenters. The van der Waals surface area contributed by atoms with E-state index >= 15 is 0 Å². The van der Waals surface area contributed by atoms with Crippen molar-refractivity contribution in [2.24, 2.45) is 0 Å². The Balaban J connectivity index is 2.07. The van der Waals surface area contributed by atoms with E-state index in [1.807, 2.05) is 0 Å². The first-order valence-electron chi connectivity index (χ1n) is 4.20. The van der Waals surface area contributed by atoms with Gasteiger partial charge in [0, 0.05) is 12.7 Å². The van der Waals surface area contributed by atoms with E-state index in [1.54, 1.807) is 11.9 Å². The third-order valence-corrected chi connectivity index (χ3v) is 2.47. The number of allylic oxidation sites excluding steroid dienone is 2. The number of hydrogen-bond acceptors (Lipinski definition) is 2. The summed E-state index contributed by atoms with van der Waals surface area (Å²) in [6.07, 6.45) is 10.2. The molecule has 0 aromatic carbocycles. The minimum atomic E-state index is 1.18. The van der Waals surface area contributed by atoms with Crippen LogP contribution in [0.15, 0.2) is 23.8 Å². The molecule has 0 fully saturated rings. The van der Waals surface area contributed by atoms with E-state index in [2.05, 4.69) is 35.0 Å². The van der Waals surface area contributed by atoms with Crippen molar-refractivity contribution in [1.29, 1.82) is 0 Å². The summed E-state index contributed by atoms with van der Waals surface area (Å²) in [6, 6.07) is 0. The predicted molar refractivity (Wildman–Crippen MR) is 52.1 cm³/mol. The largest absolute Gasteiger partial charge is 0.320 e. The van der Waals surface area contributed by atoms with Crippen LogP contribution in [0.25, 0.3) is 0 Å². The summed E-state index contributed by atoms with van der Waals surface area (Å²) in [4.78, 5) is 0. The molecule has 0 amide bonds. The van der Waals surface area contributed by atoms with Crippen molar-refractivity contribution in [3.05, 3.63) is 23.8 Å². The topological polar surface area (TPSA) is 3.24 Å². The maximum atomic E-state index is 2.27. The molecule has 11 heavy (non-hydrogen) atoms. The molecular weight excluding hydrogens is 154 g/mol. The zero-order valence-corrected chi connectivity index (χ0v) is 7.81. The molecule has 0 spiro atoms. The fourth-order valence-corrected chi connectivity index (χ4v) is 1.68. The molecule has 0 saturated heterocycles. The monoisotopic (exact) mass is 169 g/mol. The van der Waals surface area contributed by atoms with Crippen LogP contribution in [0.2, 0.25) is 0 Å². The van der Waals surface area contributed by atoms with E-state index in [0.717, 1.165) is 0 Å². The number of unbranched alkanes of at least 4 members (excludes halogenated alkanes) is 2. The highest BCUT2D eigenvalue weighted by molar-refractivity contribution is 8.00. The van der Waals surface area contributed by atoms with E-state index < -0.39 is 0 Å². The van der Waals surface area contributed by atoms with Crippen LogP contribution in [0.5, 0.6) is 0 Å². The van der Waals surface area contributed by atoms with Crippen molar-refractivity contribution in [1.82, 2.24) is 4.31 Å². The molecule has 0 bridgehead atoms. The molecule has 1 rings (SSSR count). The lowest BCUT2D eigenvalue weighted by Crippen LogP contribution is -2.09. The smallest absolute Gasteiger partial charge is 0.0292 e. The van der Waals surface area contributed by atoms with Crippen LogP contribution in [0.3, 0.4) is 0 Å². The molecule has 1 nitrogen and oxygen atoms in total. The van der Waals surface area contributed by atoms with Gasteiger partial charge in [0.15, 0.2) is 0 Å². The molecule has 0 aromatic heterocycles. The van der Waals surface area contributed by atoms with Gasteiger partial charge < -0.3 is 4.31 Å². The van der Waals surface area contributed by atoms with Crippen LogP contribution < -0.4 is 0 Å². The number of hydrogen-bond donors (Lipinski definition) is 0. The average molecular weight is 169 g/mol. The van der Waals surface area contributed by atoms with Gasteiger partial charge in [-0.1, -0.05) is 25.8 Å². The van der Waals surface area contributed by atoms with Crippen molar-refractivity contribution in [2.75, 3.05) is 6.54 Å². The van der Waals surface area contributed by atoms with E-state index in [-0.39, 0.29) is 0 Å². The molecule has 0 N–H and O–H groups in total. The van der Waals surface area contributed by atoms with Gasteiger partial charge in [0.05, 0.1) is 0 Å². The van der Waals surface area contributed by atoms with Gasteiger partial charge in [-0.3, -0.25) is 0 Å². The zero-order valence-electron chi connectivity index (χ0n) is 6.99. The lowest BCUT2D eigenvalue weighted by Gasteiger charge is -2.18. The standard InChI is InChI=1S/C9H15NS/c1-2-3-4-7-10-8-5-6-9-11-10/h5-6,8-9H,2-4,7H2,1H3. The van der Waals surface area contributed by atoms with Crippen molar-refractivity contribution >= 4 is 11.9 Å². The summed E-state index contributed by atoms with van der Waals surface area (Å²) in [6.45, 7) is 3.42. The van der Waals surface area contributed by atoms with Crippen molar-refractivity contribution in [3.8, 4) is 0 Å². The molecule has 1 aliphatic heterocycles. The van der Waals surface area contributed by atoms with Gasteiger partial charge in [0.2, 0.25) is 0 Å². The maximum absolute atomic E-state index is 2.27. The minimum absolute atomic E-state index is 1.18. The van der Waals surface area contributed by atoms with Gasteiger partial charge in [-0.2, -0.15) is 0 Å². The second-order valence-electron chi connectivity index (χ2n) is 2.62. The predicted octanol–water partition coefficient (Wildman–Crippen LogP) is 3.17. The van der Waals surface area contributed by atoms with Crippen LogP contribution in [0.1, 0.15) is 26.2 Å². The van der Waals surface area contributed by atoms with Gasteiger partial charge in [-0.05, 0) is 29.9 Å². The molecule has 2 heteroatoms. The fourth-order valence-electron chi connectivity index (χ4n) is 0.984. The quantitative estimate of drug-likeness (QED) is 0.470. The van der Waals surface area contributed by atoms with Crippen molar-refractivity contribution in [2.45, 2.75) is 26.2 Å². The molecule has 0 radical (unpaired) electrons. The van der Waals surface area contributed by atoms with E-state index in [0.29, 0.717) is 0 Å². The highest BCUT2D eigenvalue weighted by Gasteiger charge is 1.98. The molecule has 0 saturated carbocycles. The molecule has 0 unspecified atom stereocenters. The van der Waals surface area contributed by atoms with Gasteiger partial charge in [-0.25, -0.2) is 0 Å². The van der Waals surface area contributed by atoms with Crippen molar-refractivity contribution in [3.63, 3.8) is 0 Å². The summed E-state index contributed by atoms with van der Waals surface area (Å²) < 4.78 is 2.27. The summed E-state index contributed by atoms with van der Waals surface area (Å²) in [5.74, 6) is 0. The van der Waals surface area contributed by atoms with Crippen molar-refractivity contribution < 1.29 is 0 Å². The molecule has 62 valence electrons. The van der Waals surface area contributed by atoms with Crippen LogP contribution in [0.4, 0.5) is 0 Å². The summed E-state index contributed by atoms with van der Waals surface area (Å²) in [5.41, 5.74) is 0. The number of rotatable bonds is 4. The lowest BCUT2D eigenvalue weighted by molar-refractivity contribution is 0.562. The summed E-state index contributed by atoms with van der Waals surface area (Å²) >= 11 is 1.78. The second kappa shape index (κ2) is 5.30. The van der Waals surface area contributed by atoms with E-state index in [9.17, 15) is 0 Å². The third kappa shape index (κ3) is 3.51. The Bertz CT molecular complexity index is 152. The Morgan fingerprint density at radius 3 is 2.82 bits per heavy atom. The molecular formula is C9H15NS. The summed E-state index contributed by atoms with van der Waals surface area (Å²) in [5, 5.41) is 2.12. The van der Waals surface area contributed by atoms with Gasteiger partial charge in [0.1, 0.15) is 0 Å². The maximum Gasteiger partial charge on any atom is 0.0292 e. The first kappa shape index (κ1) is 8.72. The Hall–Kier alpha value is -0.370. The fraction of sp³-hybridized carbons (Fsp3) is 0.556. The Kier molecular flexibility index (Phi) is 4.21. The Morgan fingerprint density at radius 1 is 1.27 bits per heavy atom.